The minimum Gasteiger partial charge on any atom is -0.379 e. The summed E-state index contributed by atoms with van der Waals surface area (Å²) < 4.78 is 5.43. The van der Waals surface area contributed by atoms with Gasteiger partial charge >= 0.3 is 0 Å². The average molecular weight is 484 g/mol. The summed E-state index contributed by atoms with van der Waals surface area (Å²) in [4.78, 5) is 23.2. The van der Waals surface area contributed by atoms with Crippen molar-refractivity contribution in [2.24, 2.45) is 0 Å². The van der Waals surface area contributed by atoms with Crippen molar-refractivity contribution in [2.75, 3.05) is 26.3 Å². The van der Waals surface area contributed by atoms with E-state index < -0.39 is 0 Å². The number of aromatic nitrogens is 4. The largest absolute Gasteiger partial charge is 0.379 e. The lowest BCUT2D eigenvalue weighted by atomic mass is 10.0. The van der Waals surface area contributed by atoms with E-state index in [-0.39, 0.29) is 18.6 Å². The molecular weight excluding hydrogens is 461 g/mol. The van der Waals surface area contributed by atoms with Gasteiger partial charge in [0.15, 0.2) is 5.82 Å². The van der Waals surface area contributed by atoms with E-state index in [2.05, 4.69) is 32.2 Å². The molecule has 1 saturated heterocycles. The third kappa shape index (κ3) is 5.12. The summed E-state index contributed by atoms with van der Waals surface area (Å²) in [7, 11) is 0. The number of ether oxygens (including phenoxy) is 1. The molecule has 0 radical (unpaired) electrons. The highest BCUT2D eigenvalue weighted by Crippen LogP contribution is 2.25. The Morgan fingerprint density at radius 1 is 1.03 bits per heavy atom. The average Bonchev–Trinajstić information content (AvgIpc) is 3.43. The van der Waals surface area contributed by atoms with Crippen molar-refractivity contribution in [3.05, 3.63) is 69.3 Å². The molecule has 0 amide bonds. The fraction of sp³-hybridized carbons (Fsp3) is 0.292. The third-order valence-corrected chi connectivity index (χ3v) is 6.52. The molecule has 9 heteroatoms. The van der Waals surface area contributed by atoms with Crippen molar-refractivity contribution in [1.29, 1.82) is 0 Å². The Hall–Kier alpha value is -2.71. The number of H-pyrrole nitrogens is 2. The van der Waals surface area contributed by atoms with E-state index in [1.165, 1.54) is 5.56 Å². The minimum atomic E-state index is 0.0555. The predicted molar refractivity (Wildman–Crippen MR) is 129 cm³/mol. The van der Waals surface area contributed by atoms with Gasteiger partial charge in [0.2, 0.25) is 0 Å². The maximum Gasteiger partial charge on any atom is 0.156 e. The van der Waals surface area contributed by atoms with E-state index in [1.807, 2.05) is 12.1 Å². The number of halogens is 2. The number of rotatable bonds is 7. The van der Waals surface area contributed by atoms with Crippen molar-refractivity contribution < 1.29 is 9.53 Å². The first-order valence-corrected chi connectivity index (χ1v) is 11.6. The summed E-state index contributed by atoms with van der Waals surface area (Å²) in [6, 6.07) is 11.5. The van der Waals surface area contributed by atoms with Crippen LogP contribution in [-0.4, -0.2) is 57.2 Å². The second-order valence-corrected chi connectivity index (χ2v) is 9.05. The molecule has 2 N–H and O–H groups in total. The van der Waals surface area contributed by atoms with Crippen LogP contribution in [0.4, 0.5) is 0 Å². The summed E-state index contributed by atoms with van der Waals surface area (Å²) in [6.07, 6.45) is 2.19. The quantitative estimate of drug-likeness (QED) is 0.405. The molecule has 1 aliphatic rings. The number of Topliss-reactive ketones (excluding diaryl/α,β-unsaturated/α-hetero) is 1. The van der Waals surface area contributed by atoms with Crippen LogP contribution in [0.1, 0.15) is 16.7 Å². The summed E-state index contributed by atoms with van der Waals surface area (Å²) in [5.74, 6) is 0.725. The van der Waals surface area contributed by atoms with Crippen molar-refractivity contribution in [1.82, 2.24) is 25.1 Å². The SMILES string of the molecule is O=C(Cc1ccc(Cl)c(Cl)c1)Cc1cn[nH]c1-c1nc2ccc(CN3CCOCC3)cc2[nH]1. The van der Waals surface area contributed by atoms with Gasteiger partial charge in [0.05, 0.1) is 40.5 Å². The maximum absolute atomic E-state index is 12.7. The van der Waals surface area contributed by atoms with Gasteiger partial charge < -0.3 is 9.72 Å². The number of carbonyl (C=O) groups excluding carboxylic acids is 1. The summed E-state index contributed by atoms with van der Waals surface area (Å²) >= 11 is 12.0. The van der Waals surface area contributed by atoms with E-state index in [0.29, 0.717) is 15.9 Å². The zero-order valence-corrected chi connectivity index (χ0v) is 19.4. The zero-order valence-electron chi connectivity index (χ0n) is 17.9. The molecule has 2 aromatic heterocycles. The number of hydrogen-bond acceptors (Lipinski definition) is 5. The number of imidazole rings is 1. The normalized spacial score (nSPS) is 14.7. The monoisotopic (exact) mass is 483 g/mol. The molecule has 0 atom stereocenters. The third-order valence-electron chi connectivity index (χ3n) is 5.78. The van der Waals surface area contributed by atoms with Crippen LogP contribution in [0.3, 0.4) is 0 Å². The van der Waals surface area contributed by atoms with Gasteiger partial charge in [0.25, 0.3) is 0 Å². The lowest BCUT2D eigenvalue weighted by Gasteiger charge is -2.26. The number of morpholine rings is 1. The number of ketones is 1. The van der Waals surface area contributed by atoms with Crippen LogP contribution in [0.2, 0.25) is 10.0 Å². The van der Waals surface area contributed by atoms with Gasteiger partial charge in [-0.1, -0.05) is 35.3 Å². The molecule has 7 nitrogen and oxygen atoms in total. The van der Waals surface area contributed by atoms with Crippen LogP contribution in [0.5, 0.6) is 0 Å². The molecule has 0 spiro atoms. The van der Waals surface area contributed by atoms with Gasteiger partial charge in [-0.3, -0.25) is 14.8 Å². The van der Waals surface area contributed by atoms with E-state index >= 15 is 0 Å². The molecule has 5 rings (SSSR count). The number of aromatic amines is 2. The Kier molecular flexibility index (Phi) is 6.46. The molecule has 0 aliphatic carbocycles. The Bertz CT molecular complexity index is 1290. The summed E-state index contributed by atoms with van der Waals surface area (Å²) in [5.41, 5.74) is 5.41. The topological polar surface area (TPSA) is 86.9 Å². The molecule has 170 valence electrons. The minimum absolute atomic E-state index is 0.0555. The van der Waals surface area contributed by atoms with Gasteiger partial charge in [-0.15, -0.1) is 0 Å². The predicted octanol–water partition coefficient (Wildman–Crippen LogP) is 4.45. The first kappa shape index (κ1) is 22.1. The molecule has 2 aromatic carbocycles. The van der Waals surface area contributed by atoms with Crippen molar-refractivity contribution in [3.8, 4) is 11.5 Å². The smallest absolute Gasteiger partial charge is 0.156 e. The number of benzene rings is 2. The Balaban J connectivity index is 1.31. The van der Waals surface area contributed by atoms with Crippen molar-refractivity contribution in [3.63, 3.8) is 0 Å². The molecule has 0 unspecified atom stereocenters. The molecule has 1 aliphatic heterocycles. The fourth-order valence-electron chi connectivity index (χ4n) is 4.09. The van der Waals surface area contributed by atoms with Crippen LogP contribution >= 0.6 is 23.2 Å². The molecule has 4 aromatic rings. The van der Waals surface area contributed by atoms with E-state index in [9.17, 15) is 4.79 Å². The van der Waals surface area contributed by atoms with Crippen LogP contribution < -0.4 is 0 Å². The van der Waals surface area contributed by atoms with Gasteiger partial charge in [-0.05, 0) is 35.4 Å². The molecule has 1 fully saturated rings. The highest BCUT2D eigenvalue weighted by atomic mass is 35.5. The highest BCUT2D eigenvalue weighted by molar-refractivity contribution is 6.42. The molecule has 0 bridgehead atoms. The first-order chi connectivity index (χ1) is 16.0. The lowest BCUT2D eigenvalue weighted by molar-refractivity contribution is -0.117. The molecule has 3 heterocycles. The number of carbonyl (C=O) groups is 1. The number of nitrogens with one attached hydrogen (secondary N) is 2. The summed E-state index contributed by atoms with van der Waals surface area (Å²) in [5, 5.41) is 8.07. The maximum atomic E-state index is 12.7. The number of hydrogen-bond donors (Lipinski definition) is 2. The Morgan fingerprint density at radius 2 is 1.85 bits per heavy atom. The second-order valence-electron chi connectivity index (χ2n) is 8.24. The highest BCUT2D eigenvalue weighted by Gasteiger charge is 2.17. The standard InChI is InChI=1S/C24H23Cl2N5O2/c25-19-3-1-15(10-20(19)26)9-18(32)12-17-13-27-30-23(17)24-28-21-4-2-16(11-22(21)29-24)14-31-5-7-33-8-6-31/h1-4,10-11,13H,5-9,12,14H2,(H,27,30)(H,28,29). The van der Waals surface area contributed by atoms with E-state index in [4.69, 9.17) is 32.9 Å². The van der Waals surface area contributed by atoms with Gasteiger partial charge in [0, 0.05) is 38.0 Å². The number of fused-ring (bicyclic) bond motifs is 1. The Labute approximate surface area is 201 Å². The fourth-order valence-corrected chi connectivity index (χ4v) is 4.41. The van der Waals surface area contributed by atoms with Crippen molar-refractivity contribution >= 4 is 40.0 Å². The molecular formula is C24H23Cl2N5O2. The first-order valence-electron chi connectivity index (χ1n) is 10.8. The van der Waals surface area contributed by atoms with Crippen molar-refractivity contribution in [2.45, 2.75) is 19.4 Å². The second kappa shape index (κ2) is 9.65. The van der Waals surface area contributed by atoms with Crippen LogP contribution in [0.25, 0.3) is 22.6 Å². The van der Waals surface area contributed by atoms with Crippen LogP contribution in [-0.2, 0) is 28.9 Å². The van der Waals surface area contributed by atoms with Gasteiger partial charge in [-0.2, -0.15) is 5.10 Å². The molecule has 0 saturated carbocycles. The van der Waals surface area contributed by atoms with Gasteiger partial charge in [0.1, 0.15) is 11.5 Å². The van der Waals surface area contributed by atoms with E-state index in [1.54, 1.807) is 18.3 Å². The summed E-state index contributed by atoms with van der Waals surface area (Å²) in [6.45, 7) is 4.33. The molecule has 33 heavy (non-hydrogen) atoms. The van der Waals surface area contributed by atoms with E-state index in [0.717, 1.165) is 60.7 Å². The Morgan fingerprint density at radius 3 is 2.67 bits per heavy atom. The van der Waals surface area contributed by atoms with Gasteiger partial charge in [-0.25, -0.2) is 4.98 Å². The zero-order chi connectivity index (χ0) is 22.8. The lowest BCUT2D eigenvalue weighted by Crippen LogP contribution is -2.35. The van der Waals surface area contributed by atoms with Crippen LogP contribution in [0.15, 0.2) is 42.6 Å². The van der Waals surface area contributed by atoms with Crippen LogP contribution in [0, 0.1) is 0 Å². The number of nitrogens with zero attached hydrogens (tertiary/aromatic N) is 3.